The minimum absolute atomic E-state index is 0.0339. The van der Waals surface area contributed by atoms with Gasteiger partial charge in [0.15, 0.2) is 6.10 Å². The summed E-state index contributed by atoms with van der Waals surface area (Å²) < 4.78 is 42.0. The van der Waals surface area contributed by atoms with Crippen molar-refractivity contribution < 1.29 is 17.9 Å². The van der Waals surface area contributed by atoms with Gasteiger partial charge in [-0.15, -0.1) is 0 Å². The van der Waals surface area contributed by atoms with Crippen molar-refractivity contribution in [3.8, 4) is 5.75 Å². The number of rotatable bonds is 5. The molecule has 1 aromatic carbocycles. The van der Waals surface area contributed by atoms with Crippen molar-refractivity contribution in [1.29, 1.82) is 0 Å². The molecular formula is C13H17ClF3NO. The minimum atomic E-state index is -4.39. The maximum absolute atomic E-state index is 12.4. The van der Waals surface area contributed by atoms with E-state index < -0.39 is 12.3 Å². The van der Waals surface area contributed by atoms with Gasteiger partial charge >= 0.3 is 6.18 Å². The highest BCUT2D eigenvalue weighted by atomic mass is 35.5. The zero-order valence-electron chi connectivity index (χ0n) is 11.0. The minimum Gasteiger partial charge on any atom is -0.481 e. The quantitative estimate of drug-likeness (QED) is 0.872. The standard InChI is InChI=1S/C13H17ClF3NO/c1-4-18-8(2)11-6-5-10(7-12(11)14)19-9(3)13(15,16)17/h5-9,18H,4H2,1-3H3. The van der Waals surface area contributed by atoms with Gasteiger partial charge in [0, 0.05) is 11.1 Å². The van der Waals surface area contributed by atoms with Crippen molar-refractivity contribution >= 4 is 11.6 Å². The van der Waals surface area contributed by atoms with Crippen molar-refractivity contribution in [2.75, 3.05) is 6.54 Å². The molecule has 0 aromatic heterocycles. The van der Waals surface area contributed by atoms with E-state index in [0.29, 0.717) is 5.02 Å². The molecule has 1 N–H and O–H groups in total. The van der Waals surface area contributed by atoms with Gasteiger partial charge in [-0.2, -0.15) is 13.2 Å². The maximum Gasteiger partial charge on any atom is 0.425 e. The Morgan fingerprint density at radius 1 is 1.32 bits per heavy atom. The smallest absolute Gasteiger partial charge is 0.425 e. The van der Waals surface area contributed by atoms with Crippen LogP contribution in [0.2, 0.25) is 5.02 Å². The molecule has 0 saturated carbocycles. The van der Waals surface area contributed by atoms with E-state index in [0.717, 1.165) is 19.0 Å². The van der Waals surface area contributed by atoms with E-state index in [-0.39, 0.29) is 11.8 Å². The molecule has 0 aliphatic heterocycles. The lowest BCUT2D eigenvalue weighted by atomic mass is 10.1. The van der Waals surface area contributed by atoms with Gasteiger partial charge in [0.1, 0.15) is 5.75 Å². The fraction of sp³-hybridized carbons (Fsp3) is 0.538. The summed E-state index contributed by atoms with van der Waals surface area (Å²) in [5.41, 5.74) is 0.829. The topological polar surface area (TPSA) is 21.3 Å². The van der Waals surface area contributed by atoms with E-state index >= 15 is 0 Å². The number of nitrogens with one attached hydrogen (secondary N) is 1. The largest absolute Gasteiger partial charge is 0.481 e. The fourth-order valence-electron chi connectivity index (χ4n) is 1.62. The van der Waals surface area contributed by atoms with Crippen molar-refractivity contribution in [3.63, 3.8) is 0 Å². The lowest BCUT2D eigenvalue weighted by Crippen LogP contribution is -2.31. The highest BCUT2D eigenvalue weighted by molar-refractivity contribution is 6.31. The Kier molecular flexibility index (Phi) is 5.50. The lowest BCUT2D eigenvalue weighted by molar-refractivity contribution is -0.189. The molecule has 2 unspecified atom stereocenters. The molecule has 1 rings (SSSR count). The Hall–Kier alpha value is -0.940. The Morgan fingerprint density at radius 2 is 1.95 bits per heavy atom. The predicted molar refractivity (Wildman–Crippen MR) is 69.7 cm³/mol. The zero-order chi connectivity index (χ0) is 14.6. The third-order valence-corrected chi connectivity index (χ3v) is 3.05. The molecule has 0 radical (unpaired) electrons. The Labute approximate surface area is 115 Å². The molecule has 108 valence electrons. The van der Waals surface area contributed by atoms with Crippen LogP contribution in [0, 0.1) is 0 Å². The summed E-state index contributed by atoms with van der Waals surface area (Å²) in [6.45, 7) is 5.64. The number of halogens is 4. The number of benzene rings is 1. The molecule has 19 heavy (non-hydrogen) atoms. The summed E-state index contributed by atoms with van der Waals surface area (Å²) in [5, 5.41) is 3.57. The van der Waals surface area contributed by atoms with Crippen LogP contribution in [0.15, 0.2) is 18.2 Å². The maximum atomic E-state index is 12.4. The molecule has 6 heteroatoms. The molecule has 0 bridgehead atoms. The highest BCUT2D eigenvalue weighted by Crippen LogP contribution is 2.30. The second-order valence-corrected chi connectivity index (χ2v) is 4.67. The Bertz CT molecular complexity index is 423. The van der Waals surface area contributed by atoms with Crippen LogP contribution < -0.4 is 10.1 Å². The third-order valence-electron chi connectivity index (χ3n) is 2.72. The van der Waals surface area contributed by atoms with Gasteiger partial charge in [-0.25, -0.2) is 0 Å². The van der Waals surface area contributed by atoms with Gasteiger partial charge in [-0.05, 0) is 38.1 Å². The van der Waals surface area contributed by atoms with E-state index in [2.05, 4.69) is 5.32 Å². The van der Waals surface area contributed by atoms with Crippen molar-refractivity contribution in [3.05, 3.63) is 28.8 Å². The van der Waals surface area contributed by atoms with Gasteiger partial charge in [0.2, 0.25) is 0 Å². The van der Waals surface area contributed by atoms with Crippen LogP contribution >= 0.6 is 11.6 Å². The molecule has 2 atom stereocenters. The molecule has 0 aliphatic rings. The second-order valence-electron chi connectivity index (χ2n) is 4.26. The SMILES string of the molecule is CCNC(C)c1ccc(OC(C)C(F)(F)F)cc1Cl. The molecule has 0 heterocycles. The summed E-state index contributed by atoms with van der Waals surface area (Å²) in [5.74, 6) is 0.113. The molecule has 1 aromatic rings. The van der Waals surface area contributed by atoms with Crippen LogP contribution in [0.4, 0.5) is 13.2 Å². The van der Waals surface area contributed by atoms with E-state index in [1.165, 1.54) is 12.1 Å². The van der Waals surface area contributed by atoms with Crippen LogP contribution in [0.5, 0.6) is 5.75 Å². The molecule has 0 spiro atoms. The first-order valence-electron chi connectivity index (χ1n) is 6.02. The average molecular weight is 296 g/mol. The number of hydrogen-bond donors (Lipinski definition) is 1. The van der Waals surface area contributed by atoms with Crippen LogP contribution in [0.3, 0.4) is 0 Å². The predicted octanol–water partition coefficient (Wildman–Crippen LogP) is 4.34. The summed E-state index contributed by atoms with van der Waals surface area (Å²) in [6, 6.07) is 4.62. The van der Waals surface area contributed by atoms with Gasteiger partial charge in [-0.3, -0.25) is 0 Å². The van der Waals surface area contributed by atoms with Crippen molar-refractivity contribution in [1.82, 2.24) is 5.32 Å². The van der Waals surface area contributed by atoms with Crippen LogP contribution in [0.25, 0.3) is 0 Å². The monoisotopic (exact) mass is 295 g/mol. The van der Waals surface area contributed by atoms with Crippen LogP contribution in [-0.2, 0) is 0 Å². The third kappa shape index (κ3) is 4.58. The molecule has 0 aliphatic carbocycles. The number of hydrogen-bond acceptors (Lipinski definition) is 2. The number of alkyl halides is 3. The van der Waals surface area contributed by atoms with Gasteiger partial charge in [0.05, 0.1) is 0 Å². The Balaban J connectivity index is 2.82. The molecule has 0 amide bonds. The van der Waals surface area contributed by atoms with Gasteiger partial charge in [-0.1, -0.05) is 24.6 Å². The summed E-state index contributed by atoms with van der Waals surface area (Å²) in [4.78, 5) is 0. The first-order valence-corrected chi connectivity index (χ1v) is 6.39. The van der Waals surface area contributed by atoms with E-state index in [1.807, 2.05) is 13.8 Å². The van der Waals surface area contributed by atoms with Crippen molar-refractivity contribution in [2.45, 2.75) is 39.1 Å². The van der Waals surface area contributed by atoms with E-state index in [9.17, 15) is 13.2 Å². The van der Waals surface area contributed by atoms with Gasteiger partial charge in [0.25, 0.3) is 0 Å². The second kappa shape index (κ2) is 6.48. The summed E-state index contributed by atoms with van der Waals surface area (Å²) in [6.07, 6.45) is -6.25. The zero-order valence-corrected chi connectivity index (χ0v) is 11.8. The van der Waals surface area contributed by atoms with Gasteiger partial charge < -0.3 is 10.1 Å². The summed E-state index contributed by atoms with van der Waals surface area (Å²) in [7, 11) is 0. The Morgan fingerprint density at radius 3 is 2.42 bits per heavy atom. The summed E-state index contributed by atoms with van der Waals surface area (Å²) >= 11 is 6.06. The van der Waals surface area contributed by atoms with Crippen molar-refractivity contribution in [2.24, 2.45) is 0 Å². The van der Waals surface area contributed by atoms with Crippen LogP contribution in [0.1, 0.15) is 32.4 Å². The molecule has 0 fully saturated rings. The first kappa shape index (κ1) is 16.1. The molecule has 0 saturated heterocycles. The van der Waals surface area contributed by atoms with Crippen LogP contribution in [-0.4, -0.2) is 18.8 Å². The highest BCUT2D eigenvalue weighted by Gasteiger charge is 2.38. The lowest BCUT2D eigenvalue weighted by Gasteiger charge is -2.19. The normalized spacial score (nSPS) is 15.1. The molecular weight excluding hydrogens is 279 g/mol. The fourth-order valence-corrected chi connectivity index (χ4v) is 1.95. The van der Waals surface area contributed by atoms with E-state index in [1.54, 1.807) is 6.07 Å². The number of ether oxygens (including phenoxy) is 1. The first-order chi connectivity index (χ1) is 8.75. The average Bonchev–Trinajstić information content (AvgIpc) is 2.27. The van der Waals surface area contributed by atoms with E-state index in [4.69, 9.17) is 16.3 Å². The molecule has 2 nitrogen and oxygen atoms in total.